The van der Waals surface area contributed by atoms with Crippen molar-refractivity contribution in [1.82, 2.24) is 4.72 Å². The molecular weight excluding hydrogens is 256 g/mol. The SMILES string of the molecule is COCCOCCNS(=O)(=O)c1cccc(N)c1. The molecule has 0 saturated heterocycles. The van der Waals surface area contributed by atoms with Crippen LogP contribution in [0.4, 0.5) is 5.69 Å². The highest BCUT2D eigenvalue weighted by atomic mass is 32.2. The molecule has 0 aliphatic rings. The third-order valence-electron chi connectivity index (χ3n) is 2.14. The largest absolute Gasteiger partial charge is 0.399 e. The van der Waals surface area contributed by atoms with E-state index in [-0.39, 0.29) is 11.4 Å². The molecule has 0 aliphatic heterocycles. The van der Waals surface area contributed by atoms with Gasteiger partial charge in [0, 0.05) is 19.3 Å². The van der Waals surface area contributed by atoms with E-state index >= 15 is 0 Å². The summed E-state index contributed by atoms with van der Waals surface area (Å²) in [5.41, 5.74) is 5.95. The topological polar surface area (TPSA) is 90.6 Å². The summed E-state index contributed by atoms with van der Waals surface area (Å²) in [4.78, 5) is 0.152. The zero-order valence-corrected chi connectivity index (χ0v) is 11.1. The highest BCUT2D eigenvalue weighted by molar-refractivity contribution is 7.89. The molecule has 102 valence electrons. The van der Waals surface area contributed by atoms with Crippen LogP contribution >= 0.6 is 0 Å². The molecule has 0 aromatic heterocycles. The number of nitrogens with one attached hydrogen (secondary N) is 1. The van der Waals surface area contributed by atoms with Gasteiger partial charge in [-0.15, -0.1) is 0 Å². The van der Waals surface area contributed by atoms with Crippen LogP contribution in [0.25, 0.3) is 0 Å². The van der Waals surface area contributed by atoms with Crippen LogP contribution in [0.2, 0.25) is 0 Å². The van der Waals surface area contributed by atoms with Crippen molar-refractivity contribution < 1.29 is 17.9 Å². The molecule has 1 rings (SSSR count). The van der Waals surface area contributed by atoms with E-state index in [1.54, 1.807) is 19.2 Å². The molecule has 0 fully saturated rings. The quantitative estimate of drug-likeness (QED) is 0.522. The van der Waals surface area contributed by atoms with Crippen LogP contribution in [-0.2, 0) is 19.5 Å². The van der Waals surface area contributed by atoms with E-state index in [0.717, 1.165) is 0 Å². The minimum absolute atomic E-state index is 0.152. The summed E-state index contributed by atoms with van der Waals surface area (Å²) in [6, 6.07) is 6.13. The molecule has 0 aliphatic carbocycles. The van der Waals surface area contributed by atoms with Gasteiger partial charge in [0.2, 0.25) is 10.0 Å². The monoisotopic (exact) mass is 274 g/mol. The van der Waals surface area contributed by atoms with Gasteiger partial charge in [0.1, 0.15) is 0 Å². The Balaban J connectivity index is 2.41. The molecule has 0 radical (unpaired) electrons. The third kappa shape index (κ3) is 5.01. The number of nitrogens with two attached hydrogens (primary N) is 1. The summed E-state index contributed by atoms with van der Waals surface area (Å²) in [6.07, 6.45) is 0. The summed E-state index contributed by atoms with van der Waals surface area (Å²) in [7, 11) is -1.94. The van der Waals surface area contributed by atoms with Gasteiger partial charge < -0.3 is 15.2 Å². The molecular formula is C11H18N2O4S. The van der Waals surface area contributed by atoms with Crippen LogP contribution in [0.3, 0.4) is 0 Å². The number of anilines is 1. The minimum Gasteiger partial charge on any atom is -0.399 e. The number of nitrogen functional groups attached to an aromatic ring is 1. The fraction of sp³-hybridized carbons (Fsp3) is 0.455. The first kappa shape index (κ1) is 14.9. The molecule has 6 nitrogen and oxygen atoms in total. The highest BCUT2D eigenvalue weighted by Gasteiger charge is 2.12. The summed E-state index contributed by atoms with van der Waals surface area (Å²) in [5, 5.41) is 0. The fourth-order valence-electron chi connectivity index (χ4n) is 1.26. The van der Waals surface area contributed by atoms with E-state index in [2.05, 4.69) is 4.72 Å². The van der Waals surface area contributed by atoms with Crippen molar-refractivity contribution in [3.8, 4) is 0 Å². The molecule has 0 saturated carbocycles. The number of benzene rings is 1. The molecule has 0 amide bonds. The van der Waals surface area contributed by atoms with Gasteiger partial charge in [-0.05, 0) is 18.2 Å². The van der Waals surface area contributed by atoms with Crippen LogP contribution in [0.5, 0.6) is 0 Å². The van der Waals surface area contributed by atoms with Gasteiger partial charge >= 0.3 is 0 Å². The second kappa shape index (κ2) is 7.32. The summed E-state index contributed by atoms with van der Waals surface area (Å²) < 4.78 is 36.0. The molecule has 0 heterocycles. The van der Waals surface area contributed by atoms with Crippen molar-refractivity contribution in [1.29, 1.82) is 0 Å². The molecule has 3 N–H and O–H groups in total. The average Bonchev–Trinajstić information content (AvgIpc) is 2.33. The smallest absolute Gasteiger partial charge is 0.240 e. The minimum atomic E-state index is -3.52. The zero-order chi connectivity index (χ0) is 13.4. The maximum absolute atomic E-state index is 11.8. The Labute approximate surface area is 107 Å². The van der Waals surface area contributed by atoms with Gasteiger partial charge in [-0.3, -0.25) is 0 Å². The Bertz CT molecular complexity index is 462. The number of hydrogen-bond acceptors (Lipinski definition) is 5. The van der Waals surface area contributed by atoms with E-state index in [4.69, 9.17) is 15.2 Å². The first-order valence-corrected chi connectivity index (χ1v) is 6.96. The van der Waals surface area contributed by atoms with Gasteiger partial charge in [0.25, 0.3) is 0 Å². The fourth-order valence-corrected chi connectivity index (χ4v) is 2.33. The average molecular weight is 274 g/mol. The van der Waals surface area contributed by atoms with Gasteiger partial charge in [0.15, 0.2) is 0 Å². The van der Waals surface area contributed by atoms with Crippen LogP contribution < -0.4 is 10.5 Å². The van der Waals surface area contributed by atoms with Crippen LogP contribution in [0.1, 0.15) is 0 Å². The first-order valence-electron chi connectivity index (χ1n) is 5.48. The predicted octanol–water partition coefficient (Wildman–Crippen LogP) is 0.210. The van der Waals surface area contributed by atoms with Crippen molar-refractivity contribution in [2.24, 2.45) is 0 Å². The molecule has 0 spiro atoms. The van der Waals surface area contributed by atoms with Crippen LogP contribution in [0.15, 0.2) is 29.2 Å². The molecule has 0 atom stereocenters. The molecule has 0 bridgehead atoms. The second-order valence-electron chi connectivity index (χ2n) is 3.58. The highest BCUT2D eigenvalue weighted by Crippen LogP contribution is 2.11. The molecule has 7 heteroatoms. The number of hydrogen-bond donors (Lipinski definition) is 2. The lowest BCUT2D eigenvalue weighted by molar-refractivity contribution is 0.0736. The Morgan fingerprint density at radius 2 is 2.06 bits per heavy atom. The maximum Gasteiger partial charge on any atom is 0.240 e. The summed E-state index contributed by atoms with van der Waals surface area (Å²) in [5.74, 6) is 0. The van der Waals surface area contributed by atoms with Gasteiger partial charge in [-0.2, -0.15) is 0 Å². The lowest BCUT2D eigenvalue weighted by Gasteiger charge is -2.07. The lowest BCUT2D eigenvalue weighted by atomic mass is 10.3. The maximum atomic E-state index is 11.8. The molecule has 18 heavy (non-hydrogen) atoms. The van der Waals surface area contributed by atoms with Crippen molar-refractivity contribution in [2.45, 2.75) is 4.90 Å². The first-order chi connectivity index (χ1) is 8.56. The number of methoxy groups -OCH3 is 1. The number of rotatable bonds is 8. The number of ether oxygens (including phenoxy) is 2. The van der Waals surface area contributed by atoms with Gasteiger partial charge in [0.05, 0.1) is 24.7 Å². The normalized spacial score (nSPS) is 11.6. The summed E-state index contributed by atoms with van der Waals surface area (Å²) in [6.45, 7) is 1.43. The predicted molar refractivity (Wildman–Crippen MR) is 68.7 cm³/mol. The zero-order valence-electron chi connectivity index (χ0n) is 10.3. The van der Waals surface area contributed by atoms with Crippen molar-refractivity contribution in [3.05, 3.63) is 24.3 Å². The van der Waals surface area contributed by atoms with E-state index in [1.807, 2.05) is 0 Å². The Morgan fingerprint density at radius 3 is 2.72 bits per heavy atom. The molecule has 0 unspecified atom stereocenters. The summed E-state index contributed by atoms with van der Waals surface area (Å²) >= 11 is 0. The van der Waals surface area contributed by atoms with Crippen molar-refractivity contribution in [2.75, 3.05) is 39.2 Å². The Hall–Kier alpha value is -1.15. The van der Waals surface area contributed by atoms with Crippen molar-refractivity contribution >= 4 is 15.7 Å². The number of sulfonamides is 1. The van der Waals surface area contributed by atoms with Gasteiger partial charge in [-0.1, -0.05) is 6.07 Å². The molecule has 1 aromatic carbocycles. The van der Waals surface area contributed by atoms with Crippen molar-refractivity contribution in [3.63, 3.8) is 0 Å². The third-order valence-corrected chi connectivity index (χ3v) is 3.60. The Morgan fingerprint density at radius 1 is 1.28 bits per heavy atom. The van der Waals surface area contributed by atoms with Crippen LogP contribution in [-0.4, -0.2) is 41.9 Å². The van der Waals surface area contributed by atoms with E-state index in [0.29, 0.717) is 25.5 Å². The van der Waals surface area contributed by atoms with E-state index in [9.17, 15) is 8.42 Å². The standard InChI is InChI=1S/C11H18N2O4S/c1-16-7-8-17-6-5-13-18(14,15)11-4-2-3-10(12)9-11/h2-4,9,13H,5-8,12H2,1H3. The van der Waals surface area contributed by atoms with E-state index in [1.165, 1.54) is 12.1 Å². The van der Waals surface area contributed by atoms with E-state index < -0.39 is 10.0 Å². The lowest BCUT2D eigenvalue weighted by Crippen LogP contribution is -2.27. The van der Waals surface area contributed by atoms with Gasteiger partial charge in [-0.25, -0.2) is 13.1 Å². The second-order valence-corrected chi connectivity index (χ2v) is 5.34. The Kier molecular flexibility index (Phi) is 6.06. The van der Waals surface area contributed by atoms with Crippen LogP contribution in [0, 0.1) is 0 Å². The molecule has 1 aromatic rings.